The highest BCUT2D eigenvalue weighted by molar-refractivity contribution is 5.19. The molecule has 0 aliphatic rings. The summed E-state index contributed by atoms with van der Waals surface area (Å²) in [5.41, 5.74) is 1.16. The van der Waals surface area contributed by atoms with E-state index in [0.29, 0.717) is 0 Å². The molecular formula is C11H17NO. The average Bonchev–Trinajstić information content (AvgIpc) is 2.04. The molecule has 0 fully saturated rings. The summed E-state index contributed by atoms with van der Waals surface area (Å²) in [4.78, 5) is 2.03. The summed E-state index contributed by atoms with van der Waals surface area (Å²) in [6.45, 7) is 1.82. The number of likely N-dealkylation sites (N-methyl/N-ethyl adjacent to an activating group) is 1. The van der Waals surface area contributed by atoms with E-state index in [4.69, 9.17) is 0 Å². The Hall–Kier alpha value is -0.860. The number of aliphatic hydroxyl groups is 1. The molecule has 13 heavy (non-hydrogen) atoms. The van der Waals surface area contributed by atoms with Crippen LogP contribution >= 0.6 is 0 Å². The van der Waals surface area contributed by atoms with Crippen molar-refractivity contribution in [2.75, 3.05) is 14.1 Å². The second kappa shape index (κ2) is 4.40. The van der Waals surface area contributed by atoms with E-state index in [-0.39, 0.29) is 12.1 Å². The second-order valence-corrected chi connectivity index (χ2v) is 3.56. The molecule has 0 heterocycles. The quantitative estimate of drug-likeness (QED) is 0.763. The van der Waals surface area contributed by atoms with Crippen molar-refractivity contribution in [3.8, 4) is 0 Å². The first-order valence-corrected chi connectivity index (χ1v) is 4.52. The number of nitrogens with zero attached hydrogens (tertiary/aromatic N) is 1. The zero-order valence-electron chi connectivity index (χ0n) is 8.44. The molecule has 0 spiro atoms. The first-order chi connectivity index (χ1) is 6.13. The van der Waals surface area contributed by atoms with E-state index in [1.165, 1.54) is 0 Å². The van der Waals surface area contributed by atoms with Crippen LogP contribution in [0.1, 0.15) is 18.5 Å². The van der Waals surface area contributed by atoms with Crippen molar-refractivity contribution < 1.29 is 5.11 Å². The number of aliphatic hydroxyl groups excluding tert-OH is 1. The Labute approximate surface area is 79.8 Å². The molecule has 1 N–H and O–H groups in total. The van der Waals surface area contributed by atoms with Gasteiger partial charge in [0.25, 0.3) is 0 Å². The van der Waals surface area contributed by atoms with Crippen molar-refractivity contribution in [2.24, 2.45) is 0 Å². The summed E-state index contributed by atoms with van der Waals surface area (Å²) in [7, 11) is 3.95. The van der Waals surface area contributed by atoms with E-state index in [9.17, 15) is 5.11 Å². The largest absolute Gasteiger partial charge is 0.391 e. The third kappa shape index (κ3) is 2.54. The fourth-order valence-electron chi connectivity index (χ4n) is 1.66. The van der Waals surface area contributed by atoms with E-state index in [0.717, 1.165) is 5.56 Å². The van der Waals surface area contributed by atoms with Crippen molar-refractivity contribution in [3.05, 3.63) is 35.9 Å². The van der Waals surface area contributed by atoms with E-state index < -0.39 is 0 Å². The van der Waals surface area contributed by atoms with Crippen molar-refractivity contribution in [1.29, 1.82) is 0 Å². The van der Waals surface area contributed by atoms with Crippen LogP contribution in [0, 0.1) is 0 Å². The molecule has 2 heteroatoms. The molecule has 2 nitrogen and oxygen atoms in total. The predicted octanol–water partition coefficient (Wildman–Crippen LogP) is 1.67. The smallest absolute Gasteiger partial charge is 0.0708 e. The number of rotatable bonds is 3. The van der Waals surface area contributed by atoms with Gasteiger partial charge in [-0.15, -0.1) is 0 Å². The Morgan fingerprint density at radius 2 is 1.69 bits per heavy atom. The predicted molar refractivity (Wildman–Crippen MR) is 54.6 cm³/mol. The van der Waals surface area contributed by atoms with Gasteiger partial charge in [-0.3, -0.25) is 0 Å². The number of hydrogen-bond acceptors (Lipinski definition) is 2. The van der Waals surface area contributed by atoms with E-state index >= 15 is 0 Å². The minimum absolute atomic E-state index is 0.0844. The lowest BCUT2D eigenvalue weighted by molar-refractivity contribution is 0.0906. The minimum atomic E-state index is -0.350. The number of hydrogen-bond donors (Lipinski definition) is 1. The molecule has 1 aromatic rings. The van der Waals surface area contributed by atoms with Crippen LogP contribution in [0.3, 0.4) is 0 Å². The first-order valence-electron chi connectivity index (χ1n) is 4.52. The van der Waals surface area contributed by atoms with Gasteiger partial charge in [0, 0.05) is 0 Å². The van der Waals surface area contributed by atoms with Gasteiger partial charge >= 0.3 is 0 Å². The molecule has 1 aromatic carbocycles. The molecule has 0 aliphatic carbocycles. The van der Waals surface area contributed by atoms with E-state index in [2.05, 4.69) is 0 Å². The zero-order chi connectivity index (χ0) is 9.84. The molecule has 1 rings (SSSR count). The van der Waals surface area contributed by atoms with Gasteiger partial charge in [-0.2, -0.15) is 0 Å². The lowest BCUT2D eigenvalue weighted by Gasteiger charge is -2.27. The topological polar surface area (TPSA) is 23.5 Å². The van der Waals surface area contributed by atoms with Crippen LogP contribution < -0.4 is 0 Å². The maximum Gasteiger partial charge on any atom is 0.0708 e. The summed E-state index contributed by atoms with van der Waals surface area (Å²) in [5, 5.41) is 9.59. The highest BCUT2D eigenvalue weighted by Gasteiger charge is 2.18. The zero-order valence-corrected chi connectivity index (χ0v) is 8.44. The van der Waals surface area contributed by atoms with Crippen LogP contribution in [0.5, 0.6) is 0 Å². The summed E-state index contributed by atoms with van der Waals surface area (Å²) in [6.07, 6.45) is -0.350. The number of benzene rings is 1. The second-order valence-electron chi connectivity index (χ2n) is 3.56. The maximum atomic E-state index is 9.59. The highest BCUT2D eigenvalue weighted by Crippen LogP contribution is 2.21. The molecule has 0 amide bonds. The molecular weight excluding hydrogens is 162 g/mol. The van der Waals surface area contributed by atoms with Crippen LogP contribution in [-0.2, 0) is 0 Å². The summed E-state index contributed by atoms with van der Waals surface area (Å²) in [5.74, 6) is 0. The van der Waals surface area contributed by atoms with E-state index in [1.54, 1.807) is 0 Å². The standard InChI is InChI=1S/C11H17NO/c1-9(13)11(12(2)3)10-7-5-4-6-8-10/h4-9,11,13H,1-3H3/t9-,11-/m1/s1. The Morgan fingerprint density at radius 3 is 2.08 bits per heavy atom. The summed E-state index contributed by atoms with van der Waals surface area (Å²) in [6, 6.07) is 10.1. The minimum Gasteiger partial charge on any atom is -0.391 e. The van der Waals surface area contributed by atoms with Gasteiger partial charge in [0.1, 0.15) is 0 Å². The third-order valence-corrected chi connectivity index (χ3v) is 2.15. The van der Waals surface area contributed by atoms with E-state index in [1.807, 2.05) is 56.3 Å². The SMILES string of the molecule is C[C@@H](O)[C@H](c1ccccc1)N(C)C. The Balaban J connectivity index is 2.89. The maximum absolute atomic E-state index is 9.59. The molecule has 0 radical (unpaired) electrons. The van der Waals surface area contributed by atoms with Crippen LogP contribution in [-0.4, -0.2) is 30.2 Å². The average molecular weight is 179 g/mol. The molecule has 0 saturated heterocycles. The molecule has 0 saturated carbocycles. The van der Waals surface area contributed by atoms with Gasteiger partial charge < -0.3 is 10.0 Å². The van der Waals surface area contributed by atoms with Crippen molar-refractivity contribution in [1.82, 2.24) is 4.90 Å². The fraction of sp³-hybridized carbons (Fsp3) is 0.455. The summed E-state index contributed by atoms with van der Waals surface area (Å²) < 4.78 is 0. The van der Waals surface area contributed by atoms with Gasteiger partial charge in [0.15, 0.2) is 0 Å². The van der Waals surface area contributed by atoms with Crippen LogP contribution in [0.25, 0.3) is 0 Å². The normalized spacial score (nSPS) is 15.8. The molecule has 0 aliphatic heterocycles. The van der Waals surface area contributed by atoms with Crippen LogP contribution in [0.4, 0.5) is 0 Å². The van der Waals surface area contributed by atoms with Gasteiger partial charge in [-0.05, 0) is 26.6 Å². The molecule has 2 atom stereocenters. The summed E-state index contributed by atoms with van der Waals surface area (Å²) >= 11 is 0. The lowest BCUT2D eigenvalue weighted by atomic mass is 10.0. The monoisotopic (exact) mass is 179 g/mol. The third-order valence-electron chi connectivity index (χ3n) is 2.15. The molecule has 0 aromatic heterocycles. The Morgan fingerprint density at radius 1 is 1.15 bits per heavy atom. The van der Waals surface area contributed by atoms with Gasteiger partial charge in [-0.25, -0.2) is 0 Å². The van der Waals surface area contributed by atoms with Crippen molar-refractivity contribution in [2.45, 2.75) is 19.1 Å². The molecule has 72 valence electrons. The van der Waals surface area contributed by atoms with Gasteiger partial charge in [-0.1, -0.05) is 30.3 Å². The molecule has 0 bridgehead atoms. The fourth-order valence-corrected chi connectivity index (χ4v) is 1.66. The lowest BCUT2D eigenvalue weighted by Crippen LogP contribution is -2.29. The Kier molecular flexibility index (Phi) is 3.46. The van der Waals surface area contributed by atoms with Crippen LogP contribution in [0.2, 0.25) is 0 Å². The van der Waals surface area contributed by atoms with Gasteiger partial charge in [0.05, 0.1) is 12.1 Å². The Bertz CT molecular complexity index is 236. The highest BCUT2D eigenvalue weighted by atomic mass is 16.3. The van der Waals surface area contributed by atoms with Crippen molar-refractivity contribution in [3.63, 3.8) is 0 Å². The molecule has 0 unspecified atom stereocenters. The van der Waals surface area contributed by atoms with Crippen LogP contribution in [0.15, 0.2) is 30.3 Å². The van der Waals surface area contributed by atoms with Crippen molar-refractivity contribution >= 4 is 0 Å². The first kappa shape index (κ1) is 10.2. The van der Waals surface area contributed by atoms with Gasteiger partial charge in [0.2, 0.25) is 0 Å².